The highest BCUT2D eigenvalue weighted by atomic mass is 19.4. The fraction of sp³-hybridized carbons (Fsp3) is 0.400. The molecule has 6 heteroatoms. The van der Waals surface area contributed by atoms with Crippen LogP contribution in [0.5, 0.6) is 5.75 Å². The first-order valence-corrected chi connectivity index (χ1v) is 4.67. The Kier molecular flexibility index (Phi) is 3.64. The van der Waals surface area contributed by atoms with Gasteiger partial charge in [0.1, 0.15) is 5.75 Å². The van der Waals surface area contributed by atoms with Gasteiger partial charge in [-0.1, -0.05) is 0 Å². The summed E-state index contributed by atoms with van der Waals surface area (Å²) in [5.74, 6) is -0.280. The molecule has 0 radical (unpaired) electrons. The van der Waals surface area contributed by atoms with Crippen LogP contribution in [0, 0.1) is 0 Å². The highest BCUT2D eigenvalue weighted by molar-refractivity contribution is 5.50. The van der Waals surface area contributed by atoms with Gasteiger partial charge in [-0.05, 0) is 37.1 Å². The Morgan fingerprint density at radius 2 is 2.00 bits per heavy atom. The van der Waals surface area contributed by atoms with E-state index in [1.165, 1.54) is 18.2 Å². The van der Waals surface area contributed by atoms with Crippen molar-refractivity contribution in [2.24, 2.45) is 5.73 Å². The lowest BCUT2D eigenvalue weighted by Gasteiger charge is -2.13. The van der Waals surface area contributed by atoms with E-state index in [9.17, 15) is 13.2 Å². The summed E-state index contributed by atoms with van der Waals surface area (Å²) in [7, 11) is 0. The average Bonchev–Trinajstić information content (AvgIpc) is 2.07. The first-order chi connectivity index (χ1) is 7.28. The summed E-state index contributed by atoms with van der Waals surface area (Å²) in [5, 5.41) is 0. The lowest BCUT2D eigenvalue weighted by molar-refractivity contribution is -0.274. The largest absolute Gasteiger partial charge is 0.573 e. The van der Waals surface area contributed by atoms with Crippen LogP contribution in [0.2, 0.25) is 0 Å². The molecular formula is C10H13F3N2O. The molecule has 1 rings (SSSR count). The number of benzene rings is 1. The second-order valence-corrected chi connectivity index (χ2v) is 3.59. The minimum absolute atomic E-state index is 0.177. The molecule has 90 valence electrons. The molecule has 1 aromatic rings. The van der Waals surface area contributed by atoms with Crippen molar-refractivity contribution >= 4 is 5.69 Å². The highest BCUT2D eigenvalue weighted by Crippen LogP contribution is 2.26. The molecule has 0 saturated heterocycles. The van der Waals surface area contributed by atoms with Crippen molar-refractivity contribution in [3.05, 3.63) is 23.8 Å². The minimum Gasteiger partial charge on any atom is -0.406 e. The first kappa shape index (κ1) is 12.6. The highest BCUT2D eigenvalue weighted by Gasteiger charge is 2.31. The zero-order valence-corrected chi connectivity index (χ0v) is 8.71. The topological polar surface area (TPSA) is 61.3 Å². The van der Waals surface area contributed by atoms with E-state index in [-0.39, 0.29) is 11.8 Å². The van der Waals surface area contributed by atoms with Crippen molar-refractivity contribution in [1.29, 1.82) is 0 Å². The van der Waals surface area contributed by atoms with Gasteiger partial charge in [0.25, 0.3) is 0 Å². The zero-order valence-electron chi connectivity index (χ0n) is 8.71. The van der Waals surface area contributed by atoms with Crippen LogP contribution >= 0.6 is 0 Å². The van der Waals surface area contributed by atoms with Gasteiger partial charge in [0.05, 0.1) is 0 Å². The van der Waals surface area contributed by atoms with Crippen molar-refractivity contribution in [2.45, 2.75) is 25.7 Å². The summed E-state index contributed by atoms with van der Waals surface area (Å²) in [6, 6.07) is 3.63. The van der Waals surface area contributed by atoms with Gasteiger partial charge >= 0.3 is 6.36 Å². The molecule has 0 fully saturated rings. The Bertz CT molecular complexity index is 364. The summed E-state index contributed by atoms with van der Waals surface area (Å²) in [6.45, 7) is 1.75. The molecular weight excluding hydrogens is 221 g/mol. The molecule has 1 unspecified atom stereocenters. The molecule has 4 N–H and O–H groups in total. The number of rotatable bonds is 3. The fourth-order valence-electron chi connectivity index (χ4n) is 1.30. The van der Waals surface area contributed by atoms with E-state index in [1.807, 2.05) is 0 Å². The normalized spacial score (nSPS) is 13.6. The summed E-state index contributed by atoms with van der Waals surface area (Å²) in [4.78, 5) is 0. The molecule has 1 atom stereocenters. The van der Waals surface area contributed by atoms with Gasteiger partial charge in [-0.3, -0.25) is 0 Å². The van der Waals surface area contributed by atoms with Gasteiger partial charge in [-0.2, -0.15) is 0 Å². The number of ether oxygens (including phenoxy) is 1. The third-order valence-electron chi connectivity index (χ3n) is 1.89. The summed E-state index contributed by atoms with van der Waals surface area (Å²) >= 11 is 0. The van der Waals surface area contributed by atoms with Gasteiger partial charge in [0.2, 0.25) is 0 Å². The molecule has 0 bridgehead atoms. The van der Waals surface area contributed by atoms with Crippen LogP contribution in [0.25, 0.3) is 0 Å². The Morgan fingerprint density at radius 1 is 1.38 bits per heavy atom. The van der Waals surface area contributed by atoms with Crippen LogP contribution in [0.15, 0.2) is 18.2 Å². The van der Waals surface area contributed by atoms with Crippen molar-refractivity contribution in [2.75, 3.05) is 5.73 Å². The van der Waals surface area contributed by atoms with Crippen molar-refractivity contribution in [3.8, 4) is 5.75 Å². The molecule has 1 aromatic carbocycles. The predicted octanol–water partition coefficient (Wildman–Crippen LogP) is 2.06. The van der Waals surface area contributed by atoms with Gasteiger partial charge in [-0.25, -0.2) is 0 Å². The lowest BCUT2D eigenvalue weighted by atomic mass is 10.1. The average molecular weight is 234 g/mol. The maximum absolute atomic E-state index is 12.0. The third-order valence-corrected chi connectivity index (χ3v) is 1.89. The Labute approximate surface area is 91.2 Å². The van der Waals surface area contributed by atoms with Gasteiger partial charge in [-0.15, -0.1) is 13.2 Å². The number of halogens is 3. The van der Waals surface area contributed by atoms with Crippen molar-refractivity contribution in [1.82, 2.24) is 0 Å². The molecule has 3 nitrogen and oxygen atoms in total. The summed E-state index contributed by atoms with van der Waals surface area (Å²) in [5.41, 5.74) is 12.1. The predicted molar refractivity (Wildman–Crippen MR) is 54.9 cm³/mol. The number of nitrogen functional groups attached to an aromatic ring is 1. The van der Waals surface area contributed by atoms with Crippen LogP contribution in [-0.2, 0) is 6.42 Å². The smallest absolute Gasteiger partial charge is 0.406 e. The molecule has 0 spiro atoms. The van der Waals surface area contributed by atoms with Gasteiger partial charge < -0.3 is 16.2 Å². The van der Waals surface area contributed by atoms with E-state index in [1.54, 1.807) is 6.92 Å². The monoisotopic (exact) mass is 234 g/mol. The molecule has 16 heavy (non-hydrogen) atoms. The molecule has 0 aliphatic rings. The second kappa shape index (κ2) is 4.61. The van der Waals surface area contributed by atoms with Crippen LogP contribution in [0.1, 0.15) is 12.5 Å². The SMILES string of the molecule is CC(N)Cc1cc(OC(F)(F)F)ccc1N. The molecule has 0 aliphatic carbocycles. The van der Waals surface area contributed by atoms with Crippen molar-refractivity contribution in [3.63, 3.8) is 0 Å². The Morgan fingerprint density at radius 3 is 2.50 bits per heavy atom. The number of alkyl halides is 3. The second-order valence-electron chi connectivity index (χ2n) is 3.59. The molecule has 0 aliphatic heterocycles. The number of hydrogen-bond acceptors (Lipinski definition) is 3. The number of nitrogens with two attached hydrogens (primary N) is 2. The maximum Gasteiger partial charge on any atom is 0.573 e. The van der Waals surface area contributed by atoms with Crippen molar-refractivity contribution < 1.29 is 17.9 Å². The van der Waals surface area contributed by atoms with Gasteiger partial charge in [0, 0.05) is 11.7 Å². The molecule has 0 aromatic heterocycles. The van der Waals surface area contributed by atoms with E-state index in [2.05, 4.69) is 4.74 Å². The van der Waals surface area contributed by atoms with E-state index >= 15 is 0 Å². The Hall–Kier alpha value is -1.43. The van der Waals surface area contributed by atoms with E-state index < -0.39 is 6.36 Å². The fourth-order valence-corrected chi connectivity index (χ4v) is 1.30. The number of hydrogen-bond donors (Lipinski definition) is 2. The first-order valence-electron chi connectivity index (χ1n) is 4.67. The molecule has 0 heterocycles. The standard InChI is InChI=1S/C10H13F3N2O/c1-6(14)4-7-5-8(2-3-9(7)15)16-10(11,12)13/h2-3,5-6H,4,14-15H2,1H3. The van der Waals surface area contributed by atoms with Crippen LogP contribution < -0.4 is 16.2 Å². The molecule has 0 saturated carbocycles. The van der Waals surface area contributed by atoms with E-state index in [0.717, 1.165) is 0 Å². The minimum atomic E-state index is -4.69. The summed E-state index contributed by atoms with van der Waals surface area (Å²) in [6.07, 6.45) is -4.29. The van der Waals surface area contributed by atoms with Gasteiger partial charge in [0.15, 0.2) is 0 Å². The maximum atomic E-state index is 12.0. The van der Waals surface area contributed by atoms with E-state index in [0.29, 0.717) is 17.7 Å². The third kappa shape index (κ3) is 3.98. The Balaban J connectivity index is 2.89. The van der Waals surface area contributed by atoms with Crippen LogP contribution in [-0.4, -0.2) is 12.4 Å². The summed E-state index contributed by atoms with van der Waals surface area (Å²) < 4.78 is 39.7. The zero-order chi connectivity index (χ0) is 12.3. The van der Waals surface area contributed by atoms with E-state index in [4.69, 9.17) is 11.5 Å². The van der Waals surface area contributed by atoms with Crippen LogP contribution in [0.3, 0.4) is 0 Å². The quantitative estimate of drug-likeness (QED) is 0.787. The lowest BCUT2D eigenvalue weighted by Crippen LogP contribution is -2.20. The van der Waals surface area contributed by atoms with Crippen LogP contribution in [0.4, 0.5) is 18.9 Å². The number of anilines is 1. The molecule has 0 amide bonds.